The Morgan fingerprint density at radius 2 is 1.58 bits per heavy atom. The van der Waals surface area contributed by atoms with Gasteiger partial charge in [0.2, 0.25) is 0 Å². The van der Waals surface area contributed by atoms with E-state index in [2.05, 4.69) is 0 Å². The van der Waals surface area contributed by atoms with E-state index in [1.807, 2.05) is 6.92 Å². The lowest BCUT2D eigenvalue weighted by Crippen LogP contribution is -2.60. The minimum atomic E-state index is -1.64. The smallest absolute Gasteiger partial charge is 0.186 e. The topological polar surface area (TPSA) is 222 Å². The van der Waals surface area contributed by atoms with E-state index in [0.29, 0.717) is 46.3 Å². The summed E-state index contributed by atoms with van der Waals surface area (Å²) >= 11 is 0. The zero-order valence-corrected chi connectivity index (χ0v) is 27.6. The third-order valence-electron chi connectivity index (χ3n) is 10.0. The first-order valence-corrected chi connectivity index (χ1v) is 16.5. The van der Waals surface area contributed by atoms with Crippen molar-refractivity contribution < 1.29 is 78.1 Å². The molecule has 0 amide bonds. The summed E-state index contributed by atoms with van der Waals surface area (Å²) in [4.78, 5) is 14.0. The summed E-state index contributed by atoms with van der Waals surface area (Å²) in [7, 11) is 3.06. The van der Waals surface area contributed by atoms with E-state index < -0.39 is 80.0 Å². The maximum Gasteiger partial charge on any atom is 0.186 e. The molecule has 5 heterocycles. The Hall–Kier alpha value is -3.29. The van der Waals surface area contributed by atoms with Crippen LogP contribution >= 0.6 is 0 Å². The molecule has 13 atom stereocenters. The lowest BCUT2D eigenvalue weighted by atomic mass is 9.81. The molecule has 274 valence electrons. The van der Waals surface area contributed by atoms with Crippen molar-refractivity contribution in [3.63, 3.8) is 0 Å². The molecular weight excluding hydrogens is 664 g/mol. The highest BCUT2D eigenvalue weighted by Gasteiger charge is 2.48. The van der Waals surface area contributed by atoms with Gasteiger partial charge in [-0.15, -0.1) is 0 Å². The Labute approximate surface area is 286 Å². The fourth-order valence-corrected chi connectivity index (χ4v) is 7.07. The molecule has 5 aliphatic heterocycles. The number of aliphatic hydroxyl groups excluding tert-OH is 6. The Balaban J connectivity index is 0.991. The quantitative estimate of drug-likeness (QED) is 0.185. The van der Waals surface area contributed by atoms with Crippen molar-refractivity contribution in [1.29, 1.82) is 0 Å². The molecule has 50 heavy (non-hydrogen) atoms. The Bertz CT molecular complexity index is 1570. The molecular formula is C34H42O16. The van der Waals surface area contributed by atoms with E-state index in [1.165, 1.54) is 14.2 Å². The van der Waals surface area contributed by atoms with Crippen molar-refractivity contribution >= 4 is 5.78 Å². The second-order valence-electron chi connectivity index (χ2n) is 13.2. The monoisotopic (exact) mass is 706 g/mol. The maximum absolute atomic E-state index is 14.0. The highest BCUT2D eigenvalue weighted by atomic mass is 16.7. The van der Waals surface area contributed by atoms with Crippen molar-refractivity contribution in [1.82, 2.24) is 0 Å². The van der Waals surface area contributed by atoms with E-state index in [4.69, 9.17) is 42.6 Å². The number of carbonyl (C=O) groups is 1. The van der Waals surface area contributed by atoms with Gasteiger partial charge < -0.3 is 73.3 Å². The highest BCUT2D eigenvalue weighted by molar-refractivity contribution is 6.06. The van der Waals surface area contributed by atoms with Gasteiger partial charge in [0, 0.05) is 29.5 Å². The largest absolute Gasteiger partial charge is 0.493 e. The molecule has 0 aliphatic carbocycles. The average Bonchev–Trinajstić information content (AvgIpc) is 3.57. The molecule has 0 unspecified atom stereocenters. The predicted octanol–water partition coefficient (Wildman–Crippen LogP) is -0.957. The number of methoxy groups -OCH3 is 2. The molecule has 0 radical (unpaired) electrons. The van der Waals surface area contributed by atoms with Crippen LogP contribution in [0.25, 0.3) is 0 Å². The first-order valence-electron chi connectivity index (χ1n) is 16.5. The molecule has 2 aromatic rings. The maximum atomic E-state index is 14.0. The molecule has 16 nitrogen and oxygen atoms in total. The number of ether oxygens (including phenoxy) is 9. The summed E-state index contributed by atoms with van der Waals surface area (Å²) in [6, 6.07) is 6.91. The number of benzene rings is 2. The standard InChI is InChI=1S/C34H42O16/c1-13(9-45-34-31(41)29(39)28(38)24(50-34)12-47-33-30(40)27(37)17(35)10-46-33)19-7-16-18(48-19)5-4-14-26(36)25-15-6-21(42-2)22(43-3)8-20(15)44-11-23(25)49-32(14)16/h4-6,8,13,17,19,23-25,27-31,33-35,37-41H,7,9-12H2,1-3H3/t13-,17-,19-,23-,24+,25+,27-,28-,29-,30-,31+,33-,34-/m1/s1. The first-order chi connectivity index (χ1) is 24.0. The van der Waals surface area contributed by atoms with Gasteiger partial charge in [-0.2, -0.15) is 0 Å². The molecule has 0 bridgehead atoms. The van der Waals surface area contributed by atoms with Crippen LogP contribution in [0.1, 0.15) is 34.3 Å². The molecule has 2 aromatic carbocycles. The van der Waals surface area contributed by atoms with E-state index >= 15 is 0 Å². The van der Waals surface area contributed by atoms with Crippen molar-refractivity contribution in [2.45, 2.75) is 86.8 Å². The van der Waals surface area contributed by atoms with Gasteiger partial charge in [0.25, 0.3) is 0 Å². The van der Waals surface area contributed by atoms with Crippen molar-refractivity contribution in [2.75, 3.05) is 40.6 Å². The molecule has 2 saturated heterocycles. The number of Topliss-reactive ketones (excluding diaryl/α,β-unsaturated/α-hetero) is 1. The fourth-order valence-electron chi connectivity index (χ4n) is 7.07. The number of hydrogen-bond acceptors (Lipinski definition) is 16. The summed E-state index contributed by atoms with van der Waals surface area (Å²) < 4.78 is 51.9. The van der Waals surface area contributed by atoms with Crippen molar-refractivity contribution in [2.24, 2.45) is 5.92 Å². The predicted molar refractivity (Wildman–Crippen MR) is 167 cm³/mol. The summed E-state index contributed by atoms with van der Waals surface area (Å²) in [5, 5.41) is 61.3. The van der Waals surface area contributed by atoms with Crippen LogP contribution in [-0.4, -0.2) is 145 Å². The Morgan fingerprint density at radius 3 is 2.34 bits per heavy atom. The lowest BCUT2D eigenvalue weighted by Gasteiger charge is -2.41. The minimum absolute atomic E-state index is 0.0217. The highest BCUT2D eigenvalue weighted by Crippen LogP contribution is 2.50. The van der Waals surface area contributed by atoms with Gasteiger partial charge in [0.15, 0.2) is 29.9 Å². The van der Waals surface area contributed by atoms with E-state index in [-0.39, 0.29) is 31.5 Å². The molecule has 2 fully saturated rings. The van der Waals surface area contributed by atoms with Crippen LogP contribution < -0.4 is 23.7 Å². The van der Waals surface area contributed by atoms with Crippen LogP contribution in [0.2, 0.25) is 0 Å². The third-order valence-corrected chi connectivity index (χ3v) is 10.0. The molecule has 7 rings (SSSR count). The number of fused-ring (bicyclic) bond motifs is 6. The summed E-state index contributed by atoms with van der Waals surface area (Å²) in [6.45, 7) is 1.38. The summed E-state index contributed by atoms with van der Waals surface area (Å²) in [6.07, 6.45) is -13.6. The zero-order chi connectivity index (χ0) is 35.4. The van der Waals surface area contributed by atoms with Gasteiger partial charge in [-0.05, 0) is 18.2 Å². The van der Waals surface area contributed by atoms with Crippen LogP contribution in [0.15, 0.2) is 24.3 Å². The third kappa shape index (κ3) is 6.17. The van der Waals surface area contributed by atoms with Gasteiger partial charge in [0.05, 0.1) is 45.5 Å². The van der Waals surface area contributed by atoms with Crippen LogP contribution in [0.4, 0.5) is 0 Å². The van der Waals surface area contributed by atoms with Crippen LogP contribution in [0, 0.1) is 5.92 Å². The molecule has 0 saturated carbocycles. The van der Waals surface area contributed by atoms with Crippen LogP contribution in [-0.2, 0) is 25.4 Å². The molecule has 0 aromatic heterocycles. The van der Waals surface area contributed by atoms with Crippen LogP contribution in [0.3, 0.4) is 0 Å². The van der Waals surface area contributed by atoms with Gasteiger partial charge in [-0.3, -0.25) is 4.79 Å². The zero-order valence-electron chi connectivity index (χ0n) is 27.6. The van der Waals surface area contributed by atoms with Crippen molar-refractivity contribution in [3.8, 4) is 28.7 Å². The number of hydrogen-bond donors (Lipinski definition) is 6. The normalized spacial score (nSPS) is 36.5. The second kappa shape index (κ2) is 14.0. The number of carbonyl (C=O) groups excluding carboxylic acids is 1. The van der Waals surface area contributed by atoms with E-state index in [9.17, 15) is 35.4 Å². The minimum Gasteiger partial charge on any atom is -0.493 e. The number of ketones is 1. The first kappa shape index (κ1) is 35.1. The number of rotatable bonds is 9. The summed E-state index contributed by atoms with van der Waals surface area (Å²) in [5.74, 6) is 1.57. The molecule has 0 spiro atoms. The van der Waals surface area contributed by atoms with Crippen LogP contribution in [0.5, 0.6) is 28.7 Å². The summed E-state index contributed by atoms with van der Waals surface area (Å²) in [5.41, 5.74) is 1.85. The van der Waals surface area contributed by atoms with Gasteiger partial charge in [-0.1, -0.05) is 6.92 Å². The van der Waals surface area contributed by atoms with Gasteiger partial charge in [0.1, 0.15) is 78.8 Å². The van der Waals surface area contributed by atoms with Crippen molar-refractivity contribution in [3.05, 3.63) is 41.0 Å². The SMILES string of the molecule is COc1cc2c(cc1OC)[C@@H]1C(=O)c3ccc4c(c3O[C@@H]1CO2)C[C@H]([C@H](C)CO[C@@H]1O[C@@H](CO[C@H]2OC[C@@H](O)[C@@H](O)[C@H]2O)[C@@H](O)[C@@H](O)[C@@H]1O)O4. The molecule has 5 aliphatic rings. The van der Waals surface area contributed by atoms with Gasteiger partial charge >= 0.3 is 0 Å². The molecule has 16 heteroatoms. The lowest BCUT2D eigenvalue weighted by molar-refractivity contribution is -0.322. The fraction of sp³-hybridized carbons (Fsp3) is 0.618. The second-order valence-corrected chi connectivity index (χ2v) is 13.2. The van der Waals surface area contributed by atoms with E-state index in [0.717, 1.165) is 5.56 Å². The Morgan fingerprint density at radius 1 is 0.840 bits per heavy atom. The molecule has 6 N–H and O–H groups in total. The van der Waals surface area contributed by atoms with Gasteiger partial charge in [-0.25, -0.2) is 0 Å². The number of aliphatic hydroxyl groups is 6. The average molecular weight is 707 g/mol. The Kier molecular flexibility index (Phi) is 9.85. The van der Waals surface area contributed by atoms with E-state index in [1.54, 1.807) is 24.3 Å².